The van der Waals surface area contributed by atoms with Crippen LogP contribution in [-0.4, -0.2) is 35.5 Å². The molecule has 5 heteroatoms. The highest BCUT2D eigenvalue weighted by Gasteiger charge is 2.25. The average molecular weight is 268 g/mol. The smallest absolute Gasteiger partial charge is 0.307 e. The number of ether oxygens (including phenoxy) is 1. The molecule has 100 valence electrons. The van der Waals surface area contributed by atoms with Crippen molar-refractivity contribution in [3.05, 3.63) is 16.1 Å². The summed E-state index contributed by atoms with van der Waals surface area (Å²) < 4.78 is 4.78. The summed E-state index contributed by atoms with van der Waals surface area (Å²) >= 11 is 1.74. The molecule has 0 aliphatic carbocycles. The molecule has 2 heterocycles. The molecule has 1 aromatic heterocycles. The maximum Gasteiger partial charge on any atom is 0.307 e. The van der Waals surface area contributed by atoms with E-state index in [0.29, 0.717) is 12.5 Å². The van der Waals surface area contributed by atoms with Gasteiger partial charge in [0.05, 0.1) is 18.5 Å². The molecule has 1 aliphatic heterocycles. The second-order valence-electron chi connectivity index (χ2n) is 4.75. The number of aromatic nitrogens is 1. The number of hydrogen-bond acceptors (Lipinski definition) is 5. The largest absolute Gasteiger partial charge is 0.469 e. The molecule has 18 heavy (non-hydrogen) atoms. The van der Waals surface area contributed by atoms with E-state index in [9.17, 15) is 4.79 Å². The molecule has 0 aromatic carbocycles. The normalized spacial score (nSPS) is 20.9. The van der Waals surface area contributed by atoms with Crippen LogP contribution >= 0.6 is 11.3 Å². The van der Waals surface area contributed by atoms with Crippen LogP contribution in [0.1, 0.15) is 35.6 Å². The van der Waals surface area contributed by atoms with Gasteiger partial charge in [0.25, 0.3) is 0 Å². The summed E-state index contributed by atoms with van der Waals surface area (Å²) in [7, 11) is 1.46. The van der Waals surface area contributed by atoms with E-state index in [4.69, 9.17) is 4.74 Å². The zero-order valence-corrected chi connectivity index (χ0v) is 11.8. The lowest BCUT2D eigenvalue weighted by atomic mass is 9.99. The van der Waals surface area contributed by atoms with Crippen LogP contribution in [0.25, 0.3) is 0 Å². The van der Waals surface area contributed by atoms with E-state index in [0.717, 1.165) is 24.5 Å². The zero-order chi connectivity index (χ0) is 13.0. The van der Waals surface area contributed by atoms with Crippen LogP contribution in [-0.2, 0) is 16.1 Å². The molecule has 0 saturated carbocycles. The lowest BCUT2D eigenvalue weighted by Crippen LogP contribution is -2.40. The van der Waals surface area contributed by atoms with Gasteiger partial charge in [-0.05, 0) is 26.3 Å². The highest BCUT2D eigenvalue weighted by atomic mass is 32.1. The first-order valence-corrected chi connectivity index (χ1v) is 7.23. The number of thiazole rings is 1. The first kappa shape index (κ1) is 13.5. The predicted molar refractivity (Wildman–Crippen MR) is 71.5 cm³/mol. The summed E-state index contributed by atoms with van der Waals surface area (Å²) in [6.07, 6.45) is 5.97. The fraction of sp³-hybridized carbons (Fsp3) is 0.692. The molecule has 1 aliphatic rings. The third-order valence-corrected chi connectivity index (χ3v) is 4.30. The Labute approximate surface area is 112 Å². The molecule has 1 atom stereocenters. The van der Waals surface area contributed by atoms with E-state index >= 15 is 0 Å². The fourth-order valence-electron chi connectivity index (χ4n) is 2.45. The van der Waals surface area contributed by atoms with Crippen LogP contribution < -0.4 is 0 Å². The van der Waals surface area contributed by atoms with Crippen LogP contribution in [0.4, 0.5) is 0 Å². The van der Waals surface area contributed by atoms with Crippen molar-refractivity contribution in [1.29, 1.82) is 0 Å². The Hall–Kier alpha value is -0.940. The number of hydrogen-bond donors (Lipinski definition) is 0. The van der Waals surface area contributed by atoms with Crippen LogP contribution in [0.3, 0.4) is 0 Å². The SMILES string of the molecule is COC(=O)CC1CCCCN1Cc1cnc(C)s1. The van der Waals surface area contributed by atoms with Gasteiger partial charge in [0, 0.05) is 23.7 Å². The second-order valence-corrected chi connectivity index (χ2v) is 6.07. The number of likely N-dealkylation sites (tertiary alicyclic amines) is 1. The van der Waals surface area contributed by atoms with Gasteiger partial charge < -0.3 is 4.74 Å². The number of methoxy groups -OCH3 is 1. The van der Waals surface area contributed by atoms with Crippen LogP contribution in [0.2, 0.25) is 0 Å². The number of piperidine rings is 1. The van der Waals surface area contributed by atoms with Gasteiger partial charge in [-0.1, -0.05) is 6.42 Å². The summed E-state index contributed by atoms with van der Waals surface area (Å²) in [6.45, 7) is 4.00. The number of rotatable bonds is 4. The quantitative estimate of drug-likeness (QED) is 0.786. The molecule has 0 radical (unpaired) electrons. The Balaban J connectivity index is 1.96. The second kappa shape index (κ2) is 6.29. The van der Waals surface area contributed by atoms with E-state index in [1.165, 1.54) is 24.8 Å². The van der Waals surface area contributed by atoms with Crippen LogP contribution in [0.15, 0.2) is 6.20 Å². The first-order chi connectivity index (χ1) is 8.69. The minimum atomic E-state index is -0.104. The standard InChI is InChI=1S/C13H20N2O2S/c1-10-14-8-12(18-10)9-15-6-4-3-5-11(15)7-13(16)17-2/h8,11H,3-7,9H2,1-2H3. The van der Waals surface area contributed by atoms with Gasteiger partial charge in [0.15, 0.2) is 0 Å². The molecule has 2 rings (SSSR count). The van der Waals surface area contributed by atoms with Gasteiger partial charge in [-0.15, -0.1) is 11.3 Å². The highest BCUT2D eigenvalue weighted by molar-refractivity contribution is 7.11. The molecule has 0 amide bonds. The average Bonchev–Trinajstić information content (AvgIpc) is 2.77. The summed E-state index contributed by atoms with van der Waals surface area (Å²) in [5.41, 5.74) is 0. The summed E-state index contributed by atoms with van der Waals surface area (Å²) in [4.78, 5) is 19.4. The highest BCUT2D eigenvalue weighted by Crippen LogP contribution is 2.24. The Morgan fingerprint density at radius 2 is 2.44 bits per heavy atom. The van der Waals surface area contributed by atoms with Crippen molar-refractivity contribution in [2.24, 2.45) is 0 Å². The van der Waals surface area contributed by atoms with E-state index in [1.54, 1.807) is 11.3 Å². The monoisotopic (exact) mass is 268 g/mol. The molecule has 0 bridgehead atoms. The van der Waals surface area contributed by atoms with Gasteiger partial charge >= 0.3 is 5.97 Å². The van der Waals surface area contributed by atoms with E-state index in [2.05, 4.69) is 9.88 Å². The van der Waals surface area contributed by atoms with Crippen molar-refractivity contribution >= 4 is 17.3 Å². The first-order valence-electron chi connectivity index (χ1n) is 6.41. The van der Waals surface area contributed by atoms with Crippen LogP contribution in [0.5, 0.6) is 0 Å². The zero-order valence-electron chi connectivity index (χ0n) is 11.0. The molecule has 0 spiro atoms. The Morgan fingerprint density at radius 3 is 3.11 bits per heavy atom. The van der Waals surface area contributed by atoms with Crippen molar-refractivity contribution < 1.29 is 9.53 Å². The van der Waals surface area contributed by atoms with Crippen molar-refractivity contribution in [2.45, 2.75) is 45.2 Å². The number of carbonyl (C=O) groups is 1. The molecule has 1 unspecified atom stereocenters. The van der Waals surface area contributed by atoms with Gasteiger partial charge in [-0.3, -0.25) is 9.69 Å². The van der Waals surface area contributed by atoms with Gasteiger partial charge in [-0.2, -0.15) is 0 Å². The van der Waals surface area contributed by atoms with Crippen molar-refractivity contribution in [2.75, 3.05) is 13.7 Å². The molecule has 0 N–H and O–H groups in total. The topological polar surface area (TPSA) is 42.4 Å². The third-order valence-electron chi connectivity index (χ3n) is 3.41. The van der Waals surface area contributed by atoms with Crippen molar-refractivity contribution in [1.82, 2.24) is 9.88 Å². The molecule has 1 saturated heterocycles. The lowest BCUT2D eigenvalue weighted by molar-refractivity contribution is -0.142. The molecule has 4 nitrogen and oxygen atoms in total. The molecule has 1 fully saturated rings. The van der Waals surface area contributed by atoms with Gasteiger partial charge in [-0.25, -0.2) is 4.98 Å². The number of esters is 1. The number of carbonyl (C=O) groups excluding carboxylic acids is 1. The maximum atomic E-state index is 11.4. The molecular formula is C13H20N2O2S. The van der Waals surface area contributed by atoms with Gasteiger partial charge in [0.1, 0.15) is 0 Å². The summed E-state index contributed by atoms with van der Waals surface area (Å²) in [5.74, 6) is -0.104. The minimum Gasteiger partial charge on any atom is -0.469 e. The van der Waals surface area contributed by atoms with E-state index in [-0.39, 0.29) is 5.97 Å². The molecule has 1 aromatic rings. The van der Waals surface area contributed by atoms with Gasteiger partial charge in [0.2, 0.25) is 0 Å². The van der Waals surface area contributed by atoms with E-state index < -0.39 is 0 Å². The fourth-order valence-corrected chi connectivity index (χ4v) is 3.27. The lowest BCUT2D eigenvalue weighted by Gasteiger charge is -2.34. The number of nitrogens with zero attached hydrogens (tertiary/aromatic N) is 2. The molecular weight excluding hydrogens is 248 g/mol. The Morgan fingerprint density at radius 1 is 1.61 bits per heavy atom. The van der Waals surface area contributed by atoms with Crippen molar-refractivity contribution in [3.8, 4) is 0 Å². The van der Waals surface area contributed by atoms with Crippen molar-refractivity contribution in [3.63, 3.8) is 0 Å². The van der Waals surface area contributed by atoms with E-state index in [1.807, 2.05) is 13.1 Å². The Kier molecular flexibility index (Phi) is 4.72. The summed E-state index contributed by atoms with van der Waals surface area (Å²) in [5, 5.41) is 1.10. The summed E-state index contributed by atoms with van der Waals surface area (Å²) in [6, 6.07) is 0.327. The minimum absolute atomic E-state index is 0.104. The maximum absolute atomic E-state index is 11.4. The number of aryl methyl sites for hydroxylation is 1. The van der Waals surface area contributed by atoms with Crippen LogP contribution in [0, 0.1) is 6.92 Å². The third kappa shape index (κ3) is 3.53. The predicted octanol–water partition coefficient (Wildman–Crippen LogP) is 2.37. The Bertz CT molecular complexity index is 405.